The summed E-state index contributed by atoms with van der Waals surface area (Å²) >= 11 is 0. The number of urea groups is 2. The van der Waals surface area contributed by atoms with Gasteiger partial charge in [-0.1, -0.05) is 54.6 Å². The van der Waals surface area contributed by atoms with E-state index in [1.54, 1.807) is 4.90 Å². The summed E-state index contributed by atoms with van der Waals surface area (Å²) in [6.45, 7) is 5.33. The summed E-state index contributed by atoms with van der Waals surface area (Å²) in [6.07, 6.45) is 0.854. The third-order valence-corrected chi connectivity index (χ3v) is 5.73. The van der Waals surface area contributed by atoms with Gasteiger partial charge in [0.25, 0.3) is 0 Å². The van der Waals surface area contributed by atoms with Gasteiger partial charge in [-0.05, 0) is 55.7 Å². The summed E-state index contributed by atoms with van der Waals surface area (Å²) in [5.41, 5.74) is 4.13. The maximum Gasteiger partial charge on any atom is 0.325 e. The molecule has 1 saturated heterocycles. The van der Waals surface area contributed by atoms with Crippen LogP contribution in [0.5, 0.6) is 0 Å². The van der Waals surface area contributed by atoms with Crippen molar-refractivity contribution in [2.24, 2.45) is 0 Å². The first-order valence-electron chi connectivity index (χ1n) is 10.9. The topological polar surface area (TPSA) is 64.7 Å². The predicted molar refractivity (Wildman–Crippen MR) is 129 cm³/mol. The Labute approximate surface area is 188 Å². The molecule has 1 aliphatic heterocycles. The minimum atomic E-state index is -0.345. The Morgan fingerprint density at radius 2 is 1.59 bits per heavy atom. The van der Waals surface area contributed by atoms with E-state index in [4.69, 9.17) is 0 Å². The second-order valence-electron chi connectivity index (χ2n) is 8.03. The Bertz CT molecular complexity index is 1090. The Morgan fingerprint density at radius 3 is 2.31 bits per heavy atom. The molecule has 0 radical (unpaired) electrons. The van der Waals surface area contributed by atoms with Gasteiger partial charge in [-0.3, -0.25) is 4.90 Å². The quantitative estimate of drug-likeness (QED) is 0.521. The number of rotatable bonds is 5. The number of benzene rings is 3. The molecule has 2 N–H and O–H groups in total. The normalized spacial score (nSPS) is 14.8. The zero-order chi connectivity index (χ0) is 22.5. The fraction of sp³-hybridized carbons (Fsp3) is 0.231. The van der Waals surface area contributed by atoms with Crippen molar-refractivity contribution in [2.45, 2.75) is 26.3 Å². The number of carbonyl (C=O) groups excluding carboxylic acids is 2. The molecule has 0 saturated carbocycles. The lowest BCUT2D eigenvalue weighted by Gasteiger charge is -2.39. The van der Waals surface area contributed by atoms with E-state index < -0.39 is 0 Å². The van der Waals surface area contributed by atoms with Crippen molar-refractivity contribution in [2.75, 3.05) is 28.6 Å². The molecule has 1 heterocycles. The maximum atomic E-state index is 13.5. The summed E-state index contributed by atoms with van der Waals surface area (Å²) in [5.74, 6) is 0. The molecule has 0 spiro atoms. The molecule has 1 fully saturated rings. The standard InChI is InChI=1S/C26H28N4O2/c1-19-14-15-24(23(18-19)28-25(31)27-22-12-7-4-8-13-22)30-17-9-16-29(26(30)32)20(2)21-10-5-3-6-11-21/h3-8,10-15,18,20H,9,16-17H2,1-2H3,(H2,27,28,31). The van der Waals surface area contributed by atoms with E-state index in [-0.39, 0.29) is 18.1 Å². The van der Waals surface area contributed by atoms with Crippen molar-refractivity contribution in [1.82, 2.24) is 4.90 Å². The zero-order valence-corrected chi connectivity index (χ0v) is 18.4. The van der Waals surface area contributed by atoms with Gasteiger partial charge in [-0.25, -0.2) is 9.59 Å². The summed E-state index contributed by atoms with van der Waals surface area (Å²) in [7, 11) is 0. The van der Waals surface area contributed by atoms with Gasteiger partial charge in [-0.2, -0.15) is 0 Å². The van der Waals surface area contributed by atoms with E-state index in [9.17, 15) is 9.59 Å². The van der Waals surface area contributed by atoms with Crippen molar-refractivity contribution in [3.05, 3.63) is 90.0 Å². The lowest BCUT2D eigenvalue weighted by Crippen LogP contribution is -2.50. The SMILES string of the molecule is Cc1ccc(N2CCCN(C(C)c3ccccc3)C2=O)c(NC(=O)Nc2ccccc2)c1. The lowest BCUT2D eigenvalue weighted by molar-refractivity contribution is 0.175. The Morgan fingerprint density at radius 1 is 0.906 bits per heavy atom. The second kappa shape index (κ2) is 9.56. The van der Waals surface area contributed by atoms with E-state index in [1.165, 1.54) is 0 Å². The highest BCUT2D eigenvalue weighted by atomic mass is 16.2. The van der Waals surface area contributed by atoms with Crippen molar-refractivity contribution < 1.29 is 9.59 Å². The van der Waals surface area contributed by atoms with Crippen LogP contribution in [0, 0.1) is 6.92 Å². The number of hydrogen-bond acceptors (Lipinski definition) is 2. The number of anilines is 3. The van der Waals surface area contributed by atoms with E-state index in [0.717, 1.165) is 17.5 Å². The number of hydrogen-bond donors (Lipinski definition) is 2. The highest BCUT2D eigenvalue weighted by Gasteiger charge is 2.32. The summed E-state index contributed by atoms with van der Waals surface area (Å²) in [4.78, 5) is 29.8. The summed E-state index contributed by atoms with van der Waals surface area (Å²) < 4.78 is 0. The van der Waals surface area contributed by atoms with Crippen LogP contribution < -0.4 is 15.5 Å². The van der Waals surface area contributed by atoms with Crippen molar-refractivity contribution in [1.29, 1.82) is 0 Å². The monoisotopic (exact) mass is 428 g/mol. The average Bonchev–Trinajstić information content (AvgIpc) is 2.80. The minimum Gasteiger partial charge on any atom is -0.318 e. The Balaban J connectivity index is 1.56. The Hall–Kier alpha value is -3.80. The lowest BCUT2D eigenvalue weighted by atomic mass is 10.1. The highest BCUT2D eigenvalue weighted by molar-refractivity contribution is 6.04. The van der Waals surface area contributed by atoms with Gasteiger partial charge in [0.05, 0.1) is 17.4 Å². The first-order valence-corrected chi connectivity index (χ1v) is 10.9. The smallest absolute Gasteiger partial charge is 0.318 e. The van der Waals surface area contributed by atoms with E-state index in [1.807, 2.05) is 90.7 Å². The van der Waals surface area contributed by atoms with Gasteiger partial charge in [0.2, 0.25) is 0 Å². The third-order valence-electron chi connectivity index (χ3n) is 5.73. The van der Waals surface area contributed by atoms with Crippen LogP contribution in [0.2, 0.25) is 0 Å². The predicted octanol–water partition coefficient (Wildman–Crippen LogP) is 6.03. The van der Waals surface area contributed by atoms with Gasteiger partial charge in [0.1, 0.15) is 0 Å². The second-order valence-corrected chi connectivity index (χ2v) is 8.03. The molecule has 32 heavy (non-hydrogen) atoms. The van der Waals surface area contributed by atoms with E-state index in [2.05, 4.69) is 17.6 Å². The third kappa shape index (κ3) is 4.75. The van der Waals surface area contributed by atoms with Crippen molar-refractivity contribution in [3.63, 3.8) is 0 Å². The highest BCUT2D eigenvalue weighted by Crippen LogP contribution is 2.32. The molecule has 3 aromatic rings. The summed E-state index contributed by atoms with van der Waals surface area (Å²) in [5, 5.41) is 5.77. The molecule has 3 aromatic carbocycles. The van der Waals surface area contributed by atoms with Crippen LogP contribution in [0.15, 0.2) is 78.9 Å². The molecular weight excluding hydrogens is 400 g/mol. The van der Waals surface area contributed by atoms with E-state index in [0.29, 0.717) is 30.2 Å². The zero-order valence-electron chi connectivity index (χ0n) is 18.4. The molecule has 0 bridgehead atoms. The van der Waals surface area contributed by atoms with Crippen LogP contribution in [0.4, 0.5) is 26.7 Å². The first kappa shape index (κ1) is 21.4. The molecule has 1 unspecified atom stereocenters. The molecule has 6 nitrogen and oxygen atoms in total. The van der Waals surface area contributed by atoms with Crippen molar-refractivity contribution >= 4 is 29.1 Å². The summed E-state index contributed by atoms with van der Waals surface area (Å²) in [6, 6.07) is 24.7. The minimum absolute atomic E-state index is 0.0327. The van der Waals surface area contributed by atoms with Crippen molar-refractivity contribution in [3.8, 4) is 0 Å². The molecule has 6 heteroatoms. The van der Waals surface area contributed by atoms with Crippen LogP contribution in [-0.2, 0) is 0 Å². The van der Waals surface area contributed by atoms with Crippen LogP contribution in [0.25, 0.3) is 0 Å². The molecule has 164 valence electrons. The Kier molecular flexibility index (Phi) is 6.40. The number of nitrogens with one attached hydrogen (secondary N) is 2. The number of nitrogens with zero attached hydrogens (tertiary/aromatic N) is 2. The maximum absolute atomic E-state index is 13.5. The molecule has 0 aliphatic carbocycles. The number of aryl methyl sites for hydroxylation is 1. The molecule has 1 atom stereocenters. The molecule has 0 aromatic heterocycles. The van der Waals surface area contributed by atoms with E-state index >= 15 is 0 Å². The average molecular weight is 429 g/mol. The van der Waals surface area contributed by atoms with Crippen LogP contribution >= 0.6 is 0 Å². The van der Waals surface area contributed by atoms with Gasteiger partial charge in [0.15, 0.2) is 0 Å². The number of carbonyl (C=O) groups is 2. The largest absolute Gasteiger partial charge is 0.325 e. The molecule has 4 rings (SSSR count). The molecular formula is C26H28N4O2. The molecule has 1 aliphatic rings. The first-order chi connectivity index (χ1) is 15.5. The van der Waals surface area contributed by atoms with Crippen LogP contribution in [0.1, 0.15) is 30.5 Å². The van der Waals surface area contributed by atoms with Gasteiger partial charge < -0.3 is 15.5 Å². The number of amides is 4. The fourth-order valence-electron chi connectivity index (χ4n) is 4.03. The van der Waals surface area contributed by atoms with Gasteiger partial charge in [-0.15, -0.1) is 0 Å². The van der Waals surface area contributed by atoms with Crippen LogP contribution in [0.3, 0.4) is 0 Å². The number of para-hydroxylation sites is 1. The fourth-order valence-corrected chi connectivity index (χ4v) is 4.03. The van der Waals surface area contributed by atoms with Crippen LogP contribution in [-0.4, -0.2) is 30.1 Å². The molecule has 4 amide bonds. The van der Waals surface area contributed by atoms with Gasteiger partial charge >= 0.3 is 12.1 Å². The van der Waals surface area contributed by atoms with Gasteiger partial charge in [0, 0.05) is 18.8 Å².